The molecular weight excluding hydrogens is 325 g/mol. The van der Waals surface area contributed by atoms with Crippen LogP contribution in [0.3, 0.4) is 0 Å². The summed E-state index contributed by atoms with van der Waals surface area (Å²) in [5.74, 6) is -5.47. The van der Waals surface area contributed by atoms with E-state index in [-0.39, 0.29) is 12.5 Å². The Balaban J connectivity index is 5.25. The average Bonchev–Trinajstić information content (AvgIpc) is 2.22. The van der Waals surface area contributed by atoms with Crippen molar-refractivity contribution in [3.63, 3.8) is 0 Å². The first-order valence-corrected chi connectivity index (χ1v) is 8.69. The van der Waals surface area contributed by atoms with Crippen molar-refractivity contribution in [1.29, 1.82) is 0 Å². The van der Waals surface area contributed by atoms with E-state index in [4.69, 9.17) is 0 Å². The molecule has 0 aromatic carbocycles. The van der Waals surface area contributed by atoms with Gasteiger partial charge in [0.25, 0.3) is 5.78 Å². The van der Waals surface area contributed by atoms with Crippen LogP contribution in [0.4, 0.5) is 30.7 Å². The molecule has 0 amide bonds. The van der Waals surface area contributed by atoms with E-state index in [0.29, 0.717) is 0 Å². The van der Waals surface area contributed by atoms with Crippen LogP contribution in [0.1, 0.15) is 6.42 Å². The molecule has 0 saturated carbocycles. The molecule has 0 atom stereocenters. The van der Waals surface area contributed by atoms with Gasteiger partial charge in [0, 0.05) is 6.08 Å². The van der Waals surface area contributed by atoms with Gasteiger partial charge in [-0.25, -0.2) is 4.39 Å². The normalized spacial score (nSPS) is 14.0. The highest BCUT2D eigenvalue weighted by Gasteiger charge is 2.44. The Labute approximate surface area is 117 Å². The molecule has 0 rings (SSSR count). The van der Waals surface area contributed by atoms with Crippen LogP contribution in [0.5, 0.6) is 0 Å². The summed E-state index contributed by atoms with van der Waals surface area (Å²) in [7, 11) is -3.17. The molecule has 0 aliphatic carbocycles. The summed E-state index contributed by atoms with van der Waals surface area (Å²) in [6.07, 6.45) is -11.6. The second kappa shape index (κ2) is 6.63. The highest BCUT2D eigenvalue weighted by atomic mass is 28.4. The lowest BCUT2D eigenvalue weighted by Gasteiger charge is -2.26. The third-order valence-electron chi connectivity index (χ3n) is 2.21. The van der Waals surface area contributed by atoms with E-state index in [1.54, 1.807) is 0 Å². The molecule has 0 radical (unpaired) electrons. The van der Waals surface area contributed by atoms with Gasteiger partial charge in [-0.3, -0.25) is 4.79 Å². The van der Waals surface area contributed by atoms with Crippen LogP contribution in [0.15, 0.2) is 24.2 Å². The third kappa shape index (κ3) is 7.88. The first-order chi connectivity index (χ1) is 9.15. The smallest absolute Gasteiger partial charge is 0.454 e. The fourth-order valence-corrected chi connectivity index (χ4v) is 2.90. The molecule has 0 aliphatic rings. The second-order valence-corrected chi connectivity index (χ2v) is 8.97. The lowest BCUT2D eigenvalue weighted by Crippen LogP contribution is -2.34. The van der Waals surface area contributed by atoms with Gasteiger partial charge in [-0.2, -0.15) is 26.3 Å². The van der Waals surface area contributed by atoms with Crippen molar-refractivity contribution in [2.75, 3.05) is 0 Å². The van der Waals surface area contributed by atoms with E-state index in [1.165, 1.54) is 13.1 Å². The average molecular weight is 338 g/mol. The number of halogens is 7. The molecule has 10 heteroatoms. The summed E-state index contributed by atoms with van der Waals surface area (Å²) in [5.41, 5.74) is 0. The van der Waals surface area contributed by atoms with Crippen LogP contribution in [0.2, 0.25) is 19.1 Å². The molecule has 0 heterocycles. The van der Waals surface area contributed by atoms with Gasteiger partial charge < -0.3 is 4.43 Å². The standard InChI is InChI=1S/C11H13F7O2Si/c1-7(12)4-5-21(2,3)20-9(11(16,17)18)6-8(19)10(13,14)15/h6H,1,4-5H2,2-3H3. The number of carbonyl (C=O) groups excluding carboxylic acids is 1. The quantitative estimate of drug-likeness (QED) is 0.305. The first-order valence-electron chi connectivity index (χ1n) is 5.57. The van der Waals surface area contributed by atoms with Gasteiger partial charge in [-0.1, -0.05) is 6.58 Å². The van der Waals surface area contributed by atoms with Gasteiger partial charge >= 0.3 is 12.4 Å². The maximum absolute atomic E-state index is 12.6. The topological polar surface area (TPSA) is 26.3 Å². The maximum Gasteiger partial charge on any atom is 0.454 e. The van der Waals surface area contributed by atoms with Gasteiger partial charge in [0.2, 0.25) is 8.32 Å². The number of alkyl halides is 6. The number of carbonyl (C=O) groups is 1. The molecule has 0 fully saturated rings. The van der Waals surface area contributed by atoms with Crippen molar-refractivity contribution in [2.45, 2.75) is 37.9 Å². The van der Waals surface area contributed by atoms with E-state index < -0.39 is 44.1 Å². The summed E-state index contributed by atoms with van der Waals surface area (Å²) >= 11 is 0. The lowest BCUT2D eigenvalue weighted by molar-refractivity contribution is -0.166. The molecule has 0 spiro atoms. The van der Waals surface area contributed by atoms with Crippen molar-refractivity contribution in [2.24, 2.45) is 0 Å². The first kappa shape index (κ1) is 19.7. The fourth-order valence-electron chi connectivity index (χ4n) is 1.16. The Morgan fingerprint density at radius 3 is 1.95 bits per heavy atom. The number of hydrogen-bond acceptors (Lipinski definition) is 2. The number of hydrogen-bond donors (Lipinski definition) is 0. The van der Waals surface area contributed by atoms with Gasteiger partial charge in [0.05, 0.1) is 5.83 Å². The largest absolute Gasteiger partial charge is 0.541 e. The van der Waals surface area contributed by atoms with Crippen LogP contribution in [-0.4, -0.2) is 26.5 Å². The zero-order valence-corrected chi connectivity index (χ0v) is 12.2. The Morgan fingerprint density at radius 2 is 1.62 bits per heavy atom. The van der Waals surface area contributed by atoms with Crippen LogP contribution in [-0.2, 0) is 9.22 Å². The Morgan fingerprint density at radius 1 is 1.14 bits per heavy atom. The van der Waals surface area contributed by atoms with Crippen molar-refractivity contribution in [3.8, 4) is 0 Å². The minimum Gasteiger partial charge on any atom is -0.541 e. The minimum atomic E-state index is -5.43. The van der Waals surface area contributed by atoms with Gasteiger partial charge in [-0.15, -0.1) is 0 Å². The molecule has 0 unspecified atom stereocenters. The maximum atomic E-state index is 12.6. The van der Waals surface area contributed by atoms with E-state index in [0.717, 1.165) is 0 Å². The summed E-state index contributed by atoms with van der Waals surface area (Å²) in [6.45, 7) is 5.44. The van der Waals surface area contributed by atoms with Gasteiger partial charge in [0.15, 0.2) is 5.76 Å². The Hall–Kier alpha value is -1.32. The third-order valence-corrected chi connectivity index (χ3v) is 4.43. The van der Waals surface area contributed by atoms with E-state index in [2.05, 4.69) is 11.0 Å². The zero-order valence-electron chi connectivity index (χ0n) is 11.2. The molecule has 0 aromatic rings. The molecule has 0 aliphatic heterocycles. The second-order valence-electron chi connectivity index (χ2n) is 4.75. The van der Waals surface area contributed by atoms with Crippen LogP contribution in [0.25, 0.3) is 0 Å². The van der Waals surface area contributed by atoms with Crippen LogP contribution in [0, 0.1) is 0 Å². The van der Waals surface area contributed by atoms with Crippen molar-refractivity contribution in [3.05, 3.63) is 24.2 Å². The van der Waals surface area contributed by atoms with Gasteiger partial charge in [-0.05, 0) is 25.6 Å². The summed E-state index contributed by atoms with van der Waals surface area (Å²) in [4.78, 5) is 10.6. The highest BCUT2D eigenvalue weighted by Crippen LogP contribution is 2.32. The summed E-state index contributed by atoms with van der Waals surface area (Å²) < 4.78 is 91.0. The fraction of sp³-hybridized carbons (Fsp3) is 0.545. The monoisotopic (exact) mass is 338 g/mol. The van der Waals surface area contributed by atoms with Crippen LogP contribution >= 0.6 is 0 Å². The van der Waals surface area contributed by atoms with Crippen molar-refractivity contribution in [1.82, 2.24) is 0 Å². The molecule has 0 N–H and O–H groups in total. The highest BCUT2D eigenvalue weighted by molar-refractivity contribution is 6.71. The number of ketones is 1. The number of rotatable bonds is 6. The Kier molecular flexibility index (Phi) is 6.21. The molecule has 21 heavy (non-hydrogen) atoms. The Bertz CT molecular complexity index is 435. The SMILES string of the molecule is C=C(F)CC[Si](C)(C)OC(=CC(=O)C(F)(F)F)C(F)(F)F. The van der Waals surface area contributed by atoms with E-state index in [9.17, 15) is 35.5 Å². The van der Waals surface area contributed by atoms with E-state index in [1.807, 2.05) is 0 Å². The molecular formula is C11H13F7O2Si. The van der Waals surface area contributed by atoms with Crippen molar-refractivity contribution >= 4 is 14.1 Å². The predicted octanol–water partition coefficient (Wildman–Crippen LogP) is 4.66. The predicted molar refractivity (Wildman–Crippen MR) is 63.4 cm³/mol. The lowest BCUT2D eigenvalue weighted by atomic mass is 10.3. The summed E-state index contributed by atoms with van der Waals surface area (Å²) in [6, 6.07) is -0.129. The molecule has 2 nitrogen and oxygen atoms in total. The van der Waals surface area contributed by atoms with E-state index >= 15 is 0 Å². The molecule has 0 aromatic heterocycles. The van der Waals surface area contributed by atoms with Crippen molar-refractivity contribution < 1.29 is 40.0 Å². The molecule has 0 bridgehead atoms. The summed E-state index contributed by atoms with van der Waals surface area (Å²) in [5, 5.41) is 0. The zero-order chi connectivity index (χ0) is 17.1. The van der Waals surface area contributed by atoms with Gasteiger partial charge in [0.1, 0.15) is 0 Å². The minimum absolute atomic E-state index is 0.129. The van der Waals surface area contributed by atoms with Crippen LogP contribution < -0.4 is 0 Å². The molecule has 0 saturated heterocycles. The molecule has 122 valence electrons. The number of allylic oxidation sites excluding steroid dienone is 3.